The van der Waals surface area contributed by atoms with Crippen molar-refractivity contribution in [3.05, 3.63) is 40.3 Å². The van der Waals surface area contributed by atoms with Gasteiger partial charge in [0.1, 0.15) is 0 Å². The van der Waals surface area contributed by atoms with Crippen LogP contribution in [0.15, 0.2) is 29.6 Å². The second kappa shape index (κ2) is 7.64. The average molecular weight is 307 g/mol. The number of carboxylic acids is 1. The van der Waals surface area contributed by atoms with Crippen LogP contribution in [-0.2, 0) is 6.42 Å². The lowest BCUT2D eigenvalue weighted by Crippen LogP contribution is -2.02. The van der Waals surface area contributed by atoms with Crippen LogP contribution in [0, 0.1) is 0 Å². The highest BCUT2D eigenvalue weighted by Gasteiger charge is 2.08. The first-order valence-electron chi connectivity index (χ1n) is 6.73. The van der Waals surface area contributed by atoms with Gasteiger partial charge in [0.25, 0.3) is 0 Å². The van der Waals surface area contributed by atoms with Gasteiger partial charge >= 0.3 is 5.97 Å². The third-order valence-electron chi connectivity index (χ3n) is 2.71. The van der Waals surface area contributed by atoms with E-state index in [1.165, 1.54) is 11.3 Å². The van der Waals surface area contributed by atoms with Gasteiger partial charge in [0.15, 0.2) is 17.2 Å². The molecule has 1 aromatic heterocycles. The topological polar surface area (TPSA) is 68.7 Å². The van der Waals surface area contributed by atoms with Crippen LogP contribution in [0.1, 0.15) is 28.8 Å². The first-order chi connectivity index (χ1) is 10.2. The number of aryl methyl sites for hydroxylation is 1. The molecule has 0 saturated carbocycles. The molecule has 0 amide bonds. The SMILES string of the molecule is CCOc1ccccc1OCCCc1nc(C(=O)O)cs1. The highest BCUT2D eigenvalue weighted by Crippen LogP contribution is 2.26. The number of aromatic carboxylic acids is 1. The smallest absolute Gasteiger partial charge is 0.355 e. The number of benzene rings is 1. The van der Waals surface area contributed by atoms with Crippen molar-refractivity contribution in [1.29, 1.82) is 0 Å². The highest BCUT2D eigenvalue weighted by atomic mass is 32.1. The van der Waals surface area contributed by atoms with Crippen LogP contribution in [0.2, 0.25) is 0 Å². The van der Waals surface area contributed by atoms with E-state index in [9.17, 15) is 4.79 Å². The second-order valence-electron chi connectivity index (χ2n) is 4.26. The summed E-state index contributed by atoms with van der Waals surface area (Å²) in [6.07, 6.45) is 1.47. The van der Waals surface area contributed by atoms with Gasteiger partial charge in [0, 0.05) is 11.8 Å². The summed E-state index contributed by atoms with van der Waals surface area (Å²) in [5.41, 5.74) is 0.109. The number of para-hydroxylation sites is 2. The van der Waals surface area contributed by atoms with Gasteiger partial charge in [-0.2, -0.15) is 0 Å². The predicted molar refractivity (Wildman–Crippen MR) is 80.5 cm³/mol. The van der Waals surface area contributed by atoms with Gasteiger partial charge in [0.05, 0.1) is 18.2 Å². The molecule has 0 fully saturated rings. The van der Waals surface area contributed by atoms with Crippen molar-refractivity contribution in [3.8, 4) is 11.5 Å². The lowest BCUT2D eigenvalue weighted by atomic mass is 10.3. The minimum Gasteiger partial charge on any atom is -0.490 e. The average Bonchev–Trinajstić information content (AvgIpc) is 2.94. The zero-order valence-electron chi connectivity index (χ0n) is 11.7. The van der Waals surface area contributed by atoms with Crippen molar-refractivity contribution in [2.45, 2.75) is 19.8 Å². The van der Waals surface area contributed by atoms with Crippen molar-refractivity contribution in [1.82, 2.24) is 4.98 Å². The van der Waals surface area contributed by atoms with E-state index in [2.05, 4.69) is 4.98 Å². The molecule has 6 heteroatoms. The van der Waals surface area contributed by atoms with Crippen molar-refractivity contribution >= 4 is 17.3 Å². The van der Waals surface area contributed by atoms with E-state index in [4.69, 9.17) is 14.6 Å². The number of ether oxygens (including phenoxy) is 2. The number of aromatic nitrogens is 1. The van der Waals surface area contributed by atoms with Crippen LogP contribution in [0.4, 0.5) is 0 Å². The number of hydrogen-bond acceptors (Lipinski definition) is 5. The summed E-state index contributed by atoms with van der Waals surface area (Å²) in [5.74, 6) is 0.478. The van der Waals surface area contributed by atoms with E-state index in [1.54, 1.807) is 5.38 Å². The Balaban J connectivity index is 1.80. The van der Waals surface area contributed by atoms with Gasteiger partial charge in [0.2, 0.25) is 0 Å². The van der Waals surface area contributed by atoms with Crippen LogP contribution in [0.5, 0.6) is 11.5 Å². The fourth-order valence-electron chi connectivity index (χ4n) is 1.77. The Morgan fingerprint density at radius 1 is 1.29 bits per heavy atom. The summed E-state index contributed by atoms with van der Waals surface area (Å²) in [6.45, 7) is 3.06. The summed E-state index contributed by atoms with van der Waals surface area (Å²) in [7, 11) is 0. The van der Waals surface area contributed by atoms with E-state index in [0.717, 1.165) is 22.9 Å². The van der Waals surface area contributed by atoms with Gasteiger partial charge in [-0.05, 0) is 25.5 Å². The maximum atomic E-state index is 10.7. The Morgan fingerprint density at radius 2 is 2.00 bits per heavy atom. The number of nitrogens with zero attached hydrogens (tertiary/aromatic N) is 1. The molecule has 2 aromatic rings. The van der Waals surface area contributed by atoms with E-state index < -0.39 is 5.97 Å². The Labute approximate surface area is 127 Å². The van der Waals surface area contributed by atoms with E-state index in [-0.39, 0.29) is 5.69 Å². The molecule has 0 aliphatic carbocycles. The molecule has 2 rings (SSSR count). The Kier molecular flexibility index (Phi) is 5.57. The molecule has 0 bridgehead atoms. The fraction of sp³-hybridized carbons (Fsp3) is 0.333. The fourth-order valence-corrected chi connectivity index (χ4v) is 2.59. The summed E-state index contributed by atoms with van der Waals surface area (Å²) >= 11 is 1.36. The summed E-state index contributed by atoms with van der Waals surface area (Å²) < 4.78 is 11.2. The van der Waals surface area contributed by atoms with Gasteiger partial charge in [-0.3, -0.25) is 0 Å². The van der Waals surface area contributed by atoms with Gasteiger partial charge in [-0.1, -0.05) is 12.1 Å². The first kappa shape index (κ1) is 15.3. The highest BCUT2D eigenvalue weighted by molar-refractivity contribution is 7.09. The van der Waals surface area contributed by atoms with E-state index in [0.29, 0.717) is 19.6 Å². The van der Waals surface area contributed by atoms with Crippen molar-refractivity contribution in [2.75, 3.05) is 13.2 Å². The molecule has 1 aromatic carbocycles. The maximum Gasteiger partial charge on any atom is 0.355 e. The third kappa shape index (κ3) is 4.46. The number of thiazole rings is 1. The Morgan fingerprint density at radius 3 is 2.62 bits per heavy atom. The molecule has 112 valence electrons. The second-order valence-corrected chi connectivity index (χ2v) is 5.21. The summed E-state index contributed by atoms with van der Waals surface area (Å²) in [4.78, 5) is 14.8. The quantitative estimate of drug-likeness (QED) is 0.758. The normalized spacial score (nSPS) is 10.3. The van der Waals surface area contributed by atoms with Crippen LogP contribution < -0.4 is 9.47 Å². The molecule has 1 heterocycles. The van der Waals surface area contributed by atoms with Crippen molar-refractivity contribution < 1.29 is 19.4 Å². The summed E-state index contributed by atoms with van der Waals surface area (Å²) in [6, 6.07) is 7.55. The predicted octanol–water partition coefficient (Wildman–Crippen LogP) is 3.25. The minimum absolute atomic E-state index is 0.109. The Hall–Kier alpha value is -2.08. The Bertz CT molecular complexity index is 597. The molecular formula is C15H17NO4S. The molecular weight excluding hydrogens is 290 g/mol. The van der Waals surface area contributed by atoms with Gasteiger partial charge in [-0.25, -0.2) is 9.78 Å². The zero-order valence-corrected chi connectivity index (χ0v) is 12.6. The number of hydrogen-bond donors (Lipinski definition) is 1. The number of carbonyl (C=O) groups is 1. The lowest BCUT2D eigenvalue weighted by Gasteiger charge is -2.11. The van der Waals surface area contributed by atoms with Crippen LogP contribution in [-0.4, -0.2) is 29.3 Å². The standard InChI is InChI=1S/C15H17NO4S/c1-2-19-12-6-3-4-7-13(12)20-9-5-8-14-16-11(10-21-14)15(17)18/h3-4,6-7,10H,2,5,8-9H2,1H3,(H,17,18). The molecule has 21 heavy (non-hydrogen) atoms. The molecule has 0 spiro atoms. The number of carboxylic acid groups (broad SMARTS) is 1. The first-order valence-corrected chi connectivity index (χ1v) is 7.61. The van der Waals surface area contributed by atoms with E-state index in [1.807, 2.05) is 31.2 Å². The molecule has 0 atom stereocenters. The molecule has 0 unspecified atom stereocenters. The molecule has 0 radical (unpaired) electrons. The van der Waals surface area contributed by atoms with Crippen molar-refractivity contribution in [3.63, 3.8) is 0 Å². The maximum absolute atomic E-state index is 10.7. The molecule has 1 N–H and O–H groups in total. The largest absolute Gasteiger partial charge is 0.490 e. The molecule has 0 aliphatic rings. The minimum atomic E-state index is -0.987. The van der Waals surface area contributed by atoms with Crippen LogP contribution >= 0.6 is 11.3 Å². The monoisotopic (exact) mass is 307 g/mol. The zero-order chi connectivity index (χ0) is 15.1. The summed E-state index contributed by atoms with van der Waals surface area (Å²) in [5, 5.41) is 11.2. The van der Waals surface area contributed by atoms with Gasteiger partial charge < -0.3 is 14.6 Å². The van der Waals surface area contributed by atoms with E-state index >= 15 is 0 Å². The lowest BCUT2D eigenvalue weighted by molar-refractivity contribution is 0.0691. The number of rotatable bonds is 8. The third-order valence-corrected chi connectivity index (χ3v) is 3.62. The van der Waals surface area contributed by atoms with Crippen molar-refractivity contribution in [2.24, 2.45) is 0 Å². The van der Waals surface area contributed by atoms with Gasteiger partial charge in [-0.15, -0.1) is 11.3 Å². The van der Waals surface area contributed by atoms with Crippen LogP contribution in [0.25, 0.3) is 0 Å². The molecule has 0 saturated heterocycles. The molecule has 0 aliphatic heterocycles. The van der Waals surface area contributed by atoms with Crippen LogP contribution in [0.3, 0.4) is 0 Å². The molecule has 5 nitrogen and oxygen atoms in total.